The highest BCUT2D eigenvalue weighted by molar-refractivity contribution is 8.76. The maximum absolute atomic E-state index is 11.6. The van der Waals surface area contributed by atoms with E-state index in [0.717, 1.165) is 0 Å². The van der Waals surface area contributed by atoms with Crippen molar-refractivity contribution >= 4 is 57.4 Å². The molecule has 6 N–H and O–H groups in total. The first-order valence-corrected chi connectivity index (χ1v) is 10.1. The molecule has 0 saturated carbocycles. The summed E-state index contributed by atoms with van der Waals surface area (Å²) in [7, 11) is 0.738. The number of hydrogen-bond acceptors (Lipinski definition) is 8. The number of hydrogen-bond donors (Lipinski definition) is 6. The second kappa shape index (κ2) is 9.40. The molecule has 0 aliphatic heterocycles. The zero-order valence-electron chi connectivity index (χ0n) is 15.3. The van der Waals surface area contributed by atoms with Gasteiger partial charge in [0.15, 0.2) is 0 Å². The van der Waals surface area contributed by atoms with Crippen molar-refractivity contribution < 1.29 is 59.4 Å². The molecule has 0 aliphatic carbocycles. The van der Waals surface area contributed by atoms with Crippen LogP contribution >= 0.6 is 21.6 Å². The topological polar surface area (TPSA) is 224 Å². The van der Waals surface area contributed by atoms with Crippen LogP contribution in [0.2, 0.25) is 0 Å². The van der Waals surface area contributed by atoms with E-state index in [9.17, 15) is 49.2 Å². The van der Waals surface area contributed by atoms with Crippen molar-refractivity contribution in [2.24, 2.45) is 0 Å². The molecule has 0 amide bonds. The van der Waals surface area contributed by atoms with Crippen LogP contribution in [-0.4, -0.2) is 66.5 Å². The van der Waals surface area contributed by atoms with E-state index in [4.69, 9.17) is 10.2 Å². The Morgan fingerprint density at radius 3 is 0.812 bits per heavy atom. The third kappa shape index (κ3) is 4.98. The summed E-state index contributed by atoms with van der Waals surface area (Å²) in [5, 5.41) is 55.8. The van der Waals surface area contributed by atoms with Crippen LogP contribution < -0.4 is 0 Å². The number of benzene rings is 2. The Labute approximate surface area is 184 Å². The molecule has 2 aromatic rings. The molecule has 0 atom stereocenters. The Morgan fingerprint density at radius 2 is 0.656 bits per heavy atom. The summed E-state index contributed by atoms with van der Waals surface area (Å²) in [6.07, 6.45) is 0. The predicted molar refractivity (Wildman–Crippen MR) is 106 cm³/mol. The van der Waals surface area contributed by atoms with Gasteiger partial charge < -0.3 is 30.6 Å². The first-order chi connectivity index (χ1) is 14.8. The quantitative estimate of drug-likeness (QED) is 0.283. The van der Waals surface area contributed by atoms with Crippen LogP contribution in [0.15, 0.2) is 34.1 Å². The van der Waals surface area contributed by atoms with Crippen LogP contribution in [-0.2, 0) is 0 Å². The van der Waals surface area contributed by atoms with Gasteiger partial charge in [0.25, 0.3) is 0 Å². The Kier molecular flexibility index (Phi) is 7.12. The van der Waals surface area contributed by atoms with Crippen LogP contribution in [0.5, 0.6) is 0 Å². The highest BCUT2D eigenvalue weighted by Crippen LogP contribution is 2.44. The monoisotopic (exact) mass is 482 g/mol. The lowest BCUT2D eigenvalue weighted by molar-refractivity contribution is 0.0660. The molecule has 0 spiro atoms. The summed E-state index contributed by atoms with van der Waals surface area (Å²) < 4.78 is 0. The van der Waals surface area contributed by atoms with E-state index >= 15 is 0 Å². The molecule has 2 rings (SSSR count). The molecule has 0 heterocycles. The van der Waals surface area contributed by atoms with Crippen molar-refractivity contribution in [1.82, 2.24) is 0 Å². The maximum atomic E-state index is 11.6. The molecule has 166 valence electrons. The highest BCUT2D eigenvalue weighted by atomic mass is 33.1. The van der Waals surface area contributed by atoms with Crippen molar-refractivity contribution in [1.29, 1.82) is 0 Å². The molecular weight excluding hydrogens is 472 g/mol. The van der Waals surface area contributed by atoms with Gasteiger partial charge in [-0.2, -0.15) is 0 Å². The summed E-state index contributed by atoms with van der Waals surface area (Å²) in [5.41, 5.74) is -4.16. The van der Waals surface area contributed by atoms with Crippen molar-refractivity contribution in [2.45, 2.75) is 9.79 Å². The van der Waals surface area contributed by atoms with Gasteiger partial charge in [-0.15, -0.1) is 0 Å². The van der Waals surface area contributed by atoms with E-state index in [1.807, 2.05) is 0 Å². The van der Waals surface area contributed by atoms with Crippen molar-refractivity contribution in [2.75, 3.05) is 0 Å². The van der Waals surface area contributed by atoms with Gasteiger partial charge >= 0.3 is 35.8 Å². The van der Waals surface area contributed by atoms with Crippen LogP contribution in [0.3, 0.4) is 0 Å². The number of aromatic carboxylic acids is 6. The molecule has 0 bridgehead atoms. The van der Waals surface area contributed by atoms with Gasteiger partial charge in [0.05, 0.1) is 33.4 Å². The van der Waals surface area contributed by atoms with Crippen LogP contribution in [0.1, 0.15) is 62.1 Å². The summed E-state index contributed by atoms with van der Waals surface area (Å²) >= 11 is 0. The lowest BCUT2D eigenvalue weighted by Crippen LogP contribution is -2.11. The molecule has 0 aromatic heterocycles. The molecule has 0 saturated heterocycles. The van der Waals surface area contributed by atoms with Gasteiger partial charge in [-0.05, 0) is 24.3 Å². The molecule has 14 heteroatoms. The second-order valence-electron chi connectivity index (χ2n) is 5.80. The normalized spacial score (nSPS) is 10.4. The number of carboxylic acids is 6. The van der Waals surface area contributed by atoms with E-state index in [2.05, 4.69) is 0 Å². The fraction of sp³-hybridized carbons (Fsp3) is 0. The van der Waals surface area contributed by atoms with E-state index < -0.39 is 79.0 Å². The molecule has 0 fully saturated rings. The largest absolute Gasteiger partial charge is 0.478 e. The van der Waals surface area contributed by atoms with E-state index in [1.165, 1.54) is 0 Å². The predicted octanol–water partition coefficient (Wildman–Crippen LogP) is 2.68. The van der Waals surface area contributed by atoms with E-state index in [-0.39, 0.29) is 0 Å². The summed E-state index contributed by atoms with van der Waals surface area (Å²) in [4.78, 5) is 67.8. The summed E-state index contributed by atoms with van der Waals surface area (Å²) in [6, 6.07) is 2.79. The van der Waals surface area contributed by atoms with Crippen molar-refractivity contribution in [3.05, 3.63) is 57.6 Å². The fourth-order valence-corrected chi connectivity index (χ4v) is 5.09. The molecule has 0 unspecified atom stereocenters. The Balaban J connectivity index is 2.71. The zero-order chi connectivity index (χ0) is 24.3. The highest BCUT2D eigenvalue weighted by Gasteiger charge is 2.27. The Morgan fingerprint density at radius 1 is 0.438 bits per heavy atom. The molecule has 0 aliphatic rings. The maximum Gasteiger partial charge on any atom is 0.336 e. The minimum absolute atomic E-state index is 0.369. The molecule has 32 heavy (non-hydrogen) atoms. The second-order valence-corrected chi connectivity index (χ2v) is 7.95. The van der Waals surface area contributed by atoms with E-state index in [0.29, 0.717) is 45.9 Å². The lowest BCUT2D eigenvalue weighted by Gasteiger charge is -2.13. The lowest BCUT2D eigenvalue weighted by atomic mass is 10.1. The Bertz CT molecular complexity index is 1040. The van der Waals surface area contributed by atoms with Gasteiger partial charge in [0, 0.05) is 9.79 Å². The SMILES string of the molecule is O=C(O)c1cc(C(=O)O)c(SSc2c(C(=O)O)cc(C(=O)O)cc2C(=O)O)c(C(=O)O)c1. The first-order valence-electron chi connectivity index (χ1n) is 7.95. The van der Waals surface area contributed by atoms with Gasteiger partial charge in [-0.1, -0.05) is 21.6 Å². The minimum Gasteiger partial charge on any atom is -0.478 e. The third-order valence-electron chi connectivity index (χ3n) is 3.80. The standard InChI is InChI=1S/C18H10O12S2/c19-13(20)5-1-7(15(23)24)11(8(2-5)16(25)26)31-32-12-9(17(27)28)3-6(14(21)22)4-10(12)18(29)30/h1-4H,(H,19,20)(H,21,22)(H,23,24)(H,25,26)(H,27,28)(H,29,30). The Hall–Kier alpha value is -4.04. The van der Waals surface area contributed by atoms with Gasteiger partial charge in [0.1, 0.15) is 0 Å². The average molecular weight is 482 g/mol. The third-order valence-corrected chi connectivity index (χ3v) is 6.35. The van der Waals surface area contributed by atoms with Crippen LogP contribution in [0, 0.1) is 0 Å². The van der Waals surface area contributed by atoms with Crippen LogP contribution in [0.25, 0.3) is 0 Å². The number of rotatable bonds is 9. The smallest absolute Gasteiger partial charge is 0.336 e. The number of carboxylic acid groups (broad SMARTS) is 6. The molecular formula is C18H10O12S2. The van der Waals surface area contributed by atoms with Crippen LogP contribution in [0.4, 0.5) is 0 Å². The summed E-state index contributed by atoms with van der Waals surface area (Å²) in [6.45, 7) is 0. The zero-order valence-corrected chi connectivity index (χ0v) is 16.9. The summed E-state index contributed by atoms with van der Waals surface area (Å²) in [5.74, 6) is -9.92. The van der Waals surface area contributed by atoms with Crippen molar-refractivity contribution in [3.63, 3.8) is 0 Å². The molecule has 0 radical (unpaired) electrons. The number of carbonyl (C=O) groups is 6. The van der Waals surface area contributed by atoms with Gasteiger partial charge in [-0.25, -0.2) is 28.8 Å². The molecule has 2 aromatic carbocycles. The minimum atomic E-state index is -1.68. The van der Waals surface area contributed by atoms with Gasteiger partial charge in [-0.3, -0.25) is 0 Å². The van der Waals surface area contributed by atoms with Gasteiger partial charge in [0.2, 0.25) is 0 Å². The first kappa shape index (κ1) is 24.2. The average Bonchev–Trinajstić information content (AvgIpc) is 2.70. The van der Waals surface area contributed by atoms with E-state index in [1.54, 1.807) is 0 Å². The molecule has 12 nitrogen and oxygen atoms in total. The fourth-order valence-electron chi connectivity index (χ4n) is 2.40. The van der Waals surface area contributed by atoms with Crippen molar-refractivity contribution in [3.8, 4) is 0 Å².